The van der Waals surface area contributed by atoms with Crippen molar-refractivity contribution in [2.45, 2.75) is 27.7 Å². The summed E-state index contributed by atoms with van der Waals surface area (Å²) in [5, 5.41) is 20.3. The average Bonchev–Trinajstić information content (AvgIpc) is 2.23. The van der Waals surface area contributed by atoms with Gasteiger partial charge in [0.15, 0.2) is 0 Å². The summed E-state index contributed by atoms with van der Waals surface area (Å²) in [6.45, 7) is 6.70. The van der Waals surface area contributed by atoms with Crippen molar-refractivity contribution in [1.29, 1.82) is 0 Å². The predicted molar refractivity (Wildman–Crippen MR) is 59.9 cm³/mol. The minimum Gasteiger partial charge on any atom is -0.478 e. The molecule has 0 heterocycles. The zero-order chi connectivity index (χ0) is 12.9. The fourth-order valence-electron chi connectivity index (χ4n) is 0.839. The summed E-state index contributed by atoms with van der Waals surface area (Å²) in [5.74, 6) is -1.52. The Morgan fingerprint density at radius 3 is 2.06 bits per heavy atom. The topological polar surface area (TPSA) is 86.6 Å². The molecule has 0 aromatic heterocycles. The van der Waals surface area contributed by atoms with Crippen LogP contribution in [0.1, 0.15) is 27.7 Å². The Morgan fingerprint density at radius 2 is 1.69 bits per heavy atom. The van der Waals surface area contributed by atoms with Gasteiger partial charge < -0.3 is 15.5 Å². The van der Waals surface area contributed by atoms with Crippen LogP contribution in [0, 0.1) is 5.41 Å². The van der Waals surface area contributed by atoms with Crippen LogP contribution in [0.25, 0.3) is 0 Å². The van der Waals surface area contributed by atoms with E-state index in [2.05, 4.69) is 5.32 Å². The molecule has 1 amide bonds. The molecule has 0 unspecified atom stereocenters. The molecule has 0 spiro atoms. The Labute approximate surface area is 95.2 Å². The van der Waals surface area contributed by atoms with Gasteiger partial charge in [0.1, 0.15) is 0 Å². The molecular weight excluding hydrogens is 210 g/mol. The van der Waals surface area contributed by atoms with E-state index in [1.165, 1.54) is 13.8 Å². The number of aliphatic hydroxyl groups excluding tert-OH is 1. The van der Waals surface area contributed by atoms with Gasteiger partial charge in [0.2, 0.25) is 5.91 Å². The predicted octanol–water partition coefficient (Wildman–Crippen LogP) is 0.542. The monoisotopic (exact) mass is 229 g/mol. The standard InChI is InChI=1S/C11H19NO4/c1-7(8(2)10(15)16)9(14)12-5-11(3,4)6-13/h13H,5-6H2,1-4H3,(H,12,14)(H,15,16). The largest absolute Gasteiger partial charge is 0.478 e. The van der Waals surface area contributed by atoms with Gasteiger partial charge in [-0.15, -0.1) is 0 Å². The number of aliphatic hydroxyl groups is 1. The van der Waals surface area contributed by atoms with Crippen molar-refractivity contribution >= 4 is 11.9 Å². The molecule has 5 nitrogen and oxygen atoms in total. The molecule has 0 aromatic rings. The minimum atomic E-state index is -1.10. The first-order valence-electron chi connectivity index (χ1n) is 5.01. The van der Waals surface area contributed by atoms with E-state index in [1.807, 2.05) is 0 Å². The van der Waals surface area contributed by atoms with Crippen molar-refractivity contribution < 1.29 is 19.8 Å². The number of hydrogen-bond acceptors (Lipinski definition) is 3. The summed E-state index contributed by atoms with van der Waals surface area (Å²) in [4.78, 5) is 22.2. The Morgan fingerprint density at radius 1 is 1.19 bits per heavy atom. The SMILES string of the molecule is CC(C(=O)O)=C(C)C(=O)NCC(C)(C)CO. The smallest absolute Gasteiger partial charge is 0.331 e. The van der Waals surface area contributed by atoms with Gasteiger partial charge in [-0.25, -0.2) is 4.79 Å². The van der Waals surface area contributed by atoms with Crippen LogP contribution in [-0.2, 0) is 9.59 Å². The highest BCUT2D eigenvalue weighted by atomic mass is 16.4. The third kappa shape index (κ3) is 4.44. The van der Waals surface area contributed by atoms with Gasteiger partial charge in [0, 0.05) is 29.7 Å². The van der Waals surface area contributed by atoms with Gasteiger partial charge in [-0.2, -0.15) is 0 Å². The fourth-order valence-corrected chi connectivity index (χ4v) is 0.839. The van der Waals surface area contributed by atoms with Crippen LogP contribution in [0.5, 0.6) is 0 Å². The Balaban J connectivity index is 4.50. The maximum atomic E-state index is 11.5. The molecule has 3 N–H and O–H groups in total. The summed E-state index contributed by atoms with van der Waals surface area (Å²) in [5.41, 5.74) is -0.201. The normalized spacial score (nSPS) is 13.1. The van der Waals surface area contributed by atoms with E-state index in [1.54, 1.807) is 13.8 Å². The summed E-state index contributed by atoms with van der Waals surface area (Å²) in [7, 11) is 0. The van der Waals surface area contributed by atoms with Gasteiger partial charge in [-0.1, -0.05) is 13.8 Å². The van der Waals surface area contributed by atoms with Gasteiger partial charge in [0.05, 0.1) is 0 Å². The number of amides is 1. The number of nitrogens with one attached hydrogen (secondary N) is 1. The van der Waals surface area contributed by atoms with E-state index in [4.69, 9.17) is 10.2 Å². The van der Waals surface area contributed by atoms with E-state index in [0.717, 1.165) is 0 Å². The number of carbonyl (C=O) groups excluding carboxylic acids is 1. The first-order valence-corrected chi connectivity index (χ1v) is 5.01. The lowest BCUT2D eigenvalue weighted by atomic mass is 9.95. The van der Waals surface area contributed by atoms with Crippen molar-refractivity contribution in [3.63, 3.8) is 0 Å². The van der Waals surface area contributed by atoms with Crippen LogP contribution in [0.4, 0.5) is 0 Å². The van der Waals surface area contributed by atoms with Gasteiger partial charge >= 0.3 is 5.97 Å². The Hall–Kier alpha value is -1.36. The molecule has 5 heteroatoms. The summed E-state index contributed by atoms with van der Waals surface area (Å²) in [6, 6.07) is 0. The maximum absolute atomic E-state index is 11.5. The maximum Gasteiger partial charge on any atom is 0.331 e. The van der Waals surface area contributed by atoms with Crippen molar-refractivity contribution in [2.24, 2.45) is 5.41 Å². The van der Waals surface area contributed by atoms with Gasteiger partial charge in [-0.3, -0.25) is 4.79 Å². The lowest BCUT2D eigenvalue weighted by Crippen LogP contribution is -2.36. The summed E-state index contributed by atoms with van der Waals surface area (Å²) >= 11 is 0. The second kappa shape index (κ2) is 5.65. The van der Waals surface area contributed by atoms with E-state index in [9.17, 15) is 9.59 Å². The van der Waals surface area contributed by atoms with E-state index in [-0.39, 0.29) is 17.8 Å². The molecule has 0 aliphatic rings. The van der Waals surface area contributed by atoms with Crippen molar-refractivity contribution in [3.05, 3.63) is 11.1 Å². The number of carboxylic acid groups (broad SMARTS) is 1. The van der Waals surface area contributed by atoms with Gasteiger partial charge in [0.25, 0.3) is 0 Å². The Bertz CT molecular complexity index is 318. The number of hydrogen-bond donors (Lipinski definition) is 3. The third-order valence-corrected chi connectivity index (χ3v) is 2.38. The second-order valence-electron chi connectivity index (χ2n) is 4.56. The highest BCUT2D eigenvalue weighted by molar-refractivity contribution is 6.01. The molecule has 0 aliphatic carbocycles. The van der Waals surface area contributed by atoms with Crippen LogP contribution in [0.15, 0.2) is 11.1 Å². The van der Waals surface area contributed by atoms with E-state index < -0.39 is 17.3 Å². The molecule has 0 radical (unpaired) electrons. The van der Waals surface area contributed by atoms with Gasteiger partial charge in [-0.05, 0) is 13.8 Å². The van der Waals surface area contributed by atoms with Crippen LogP contribution in [-0.4, -0.2) is 35.2 Å². The second-order valence-corrected chi connectivity index (χ2v) is 4.56. The average molecular weight is 229 g/mol. The third-order valence-electron chi connectivity index (χ3n) is 2.38. The number of rotatable bonds is 5. The molecule has 0 aliphatic heterocycles. The molecule has 0 saturated carbocycles. The van der Waals surface area contributed by atoms with Crippen molar-refractivity contribution in [2.75, 3.05) is 13.2 Å². The fraction of sp³-hybridized carbons (Fsp3) is 0.636. The molecule has 0 atom stereocenters. The molecule has 0 rings (SSSR count). The van der Waals surface area contributed by atoms with Crippen molar-refractivity contribution in [3.8, 4) is 0 Å². The summed E-state index contributed by atoms with van der Waals surface area (Å²) in [6.07, 6.45) is 0. The number of carboxylic acids is 1. The number of carbonyl (C=O) groups is 2. The lowest BCUT2D eigenvalue weighted by Gasteiger charge is -2.22. The van der Waals surface area contributed by atoms with Crippen LogP contribution in [0.2, 0.25) is 0 Å². The molecule has 0 bridgehead atoms. The van der Waals surface area contributed by atoms with Crippen LogP contribution >= 0.6 is 0 Å². The zero-order valence-corrected chi connectivity index (χ0v) is 10.1. The highest BCUT2D eigenvalue weighted by Gasteiger charge is 2.19. The molecule has 92 valence electrons. The highest BCUT2D eigenvalue weighted by Crippen LogP contribution is 2.12. The van der Waals surface area contributed by atoms with Crippen molar-refractivity contribution in [1.82, 2.24) is 5.32 Å². The Kier molecular flexibility index (Phi) is 5.17. The quantitative estimate of drug-likeness (QED) is 0.601. The molecule has 0 aromatic carbocycles. The van der Waals surface area contributed by atoms with E-state index in [0.29, 0.717) is 6.54 Å². The minimum absolute atomic E-state index is 0.0271. The van der Waals surface area contributed by atoms with Crippen LogP contribution < -0.4 is 5.32 Å². The number of aliphatic carboxylic acids is 1. The first-order chi connectivity index (χ1) is 7.21. The zero-order valence-electron chi connectivity index (χ0n) is 10.1. The first kappa shape index (κ1) is 14.6. The molecule has 0 fully saturated rings. The van der Waals surface area contributed by atoms with E-state index >= 15 is 0 Å². The molecular formula is C11H19NO4. The molecule has 16 heavy (non-hydrogen) atoms. The lowest BCUT2D eigenvalue weighted by molar-refractivity contribution is -0.133. The summed E-state index contributed by atoms with van der Waals surface area (Å²) < 4.78 is 0. The van der Waals surface area contributed by atoms with Crippen LogP contribution in [0.3, 0.4) is 0 Å². The molecule has 0 saturated heterocycles.